The first-order valence-corrected chi connectivity index (χ1v) is 25.9. The van der Waals surface area contributed by atoms with Crippen molar-refractivity contribution in [1.82, 2.24) is 0 Å². The molecule has 35 heavy (non-hydrogen) atoms. The molecular formula is C24H58O6Si5. The van der Waals surface area contributed by atoms with Crippen LogP contribution in [-0.4, -0.2) is 48.5 Å². The number of carbonyl (C=O) groups excluding carboxylic acids is 1. The third-order valence-corrected chi connectivity index (χ3v) is 33.4. The zero-order chi connectivity index (χ0) is 27.4. The Morgan fingerprint density at radius 1 is 0.429 bits per heavy atom. The molecule has 0 aromatic rings. The fourth-order valence-electron chi connectivity index (χ4n) is 4.88. The van der Waals surface area contributed by atoms with E-state index in [2.05, 4.69) is 76.2 Å². The SMILES string of the molecule is CC[Si](CC)(CC)O[Si](CC)(CC)O[Si](CC)(CC)O[Si](CC)(CC)O[Si](CC)(CC)OC(C)=O. The van der Waals surface area contributed by atoms with Gasteiger partial charge in [0.15, 0.2) is 8.32 Å². The van der Waals surface area contributed by atoms with Gasteiger partial charge in [0, 0.05) is 6.92 Å². The molecule has 210 valence electrons. The summed E-state index contributed by atoms with van der Waals surface area (Å²) in [5.41, 5.74) is 0. The first-order valence-electron chi connectivity index (χ1n) is 14.4. The maximum Gasteiger partial charge on any atom is 0.392 e. The Morgan fingerprint density at radius 3 is 0.914 bits per heavy atom. The van der Waals surface area contributed by atoms with Crippen molar-refractivity contribution in [2.75, 3.05) is 0 Å². The van der Waals surface area contributed by atoms with E-state index >= 15 is 0 Å². The molecule has 0 unspecified atom stereocenters. The lowest BCUT2D eigenvalue weighted by atomic mass is 10.9. The smallest absolute Gasteiger partial charge is 0.392 e. The van der Waals surface area contributed by atoms with Crippen LogP contribution in [0.5, 0.6) is 0 Å². The highest BCUT2D eigenvalue weighted by Crippen LogP contribution is 2.38. The Balaban J connectivity index is 6.43. The third kappa shape index (κ3) is 9.27. The molecule has 0 aliphatic rings. The summed E-state index contributed by atoms with van der Waals surface area (Å²) >= 11 is 0. The van der Waals surface area contributed by atoms with Crippen molar-refractivity contribution >= 4 is 48.5 Å². The summed E-state index contributed by atoms with van der Waals surface area (Å²) in [6.45, 7) is 25.8. The highest BCUT2D eigenvalue weighted by atomic mass is 28.5. The number of rotatable bonds is 20. The summed E-state index contributed by atoms with van der Waals surface area (Å²) in [5, 5.41) is 0. The average Bonchev–Trinajstić information content (AvgIpc) is 2.89. The van der Waals surface area contributed by atoms with Gasteiger partial charge in [-0.1, -0.05) is 76.2 Å². The van der Waals surface area contributed by atoms with Crippen LogP contribution >= 0.6 is 0 Å². The lowest BCUT2D eigenvalue weighted by molar-refractivity contribution is -0.133. The second kappa shape index (κ2) is 15.7. The Morgan fingerprint density at radius 2 is 0.686 bits per heavy atom. The standard InChI is InChI=1S/C24H58O6Si5/c1-13-31(14-2,15-3)27-33(18-6,19-7)29-35(22-10,23-11)30-34(20-8,21-9)28-32(16-4,17-5)26-24(12)25/h13-23H2,1-12H3. The number of hydrogen-bond donors (Lipinski definition) is 0. The molecule has 0 aliphatic carbocycles. The van der Waals surface area contributed by atoms with E-state index in [1.807, 2.05) is 0 Å². The maximum absolute atomic E-state index is 12.0. The Bertz CT molecular complexity index is 593. The van der Waals surface area contributed by atoms with Crippen molar-refractivity contribution in [3.63, 3.8) is 0 Å². The second-order valence-corrected chi connectivity index (χ2v) is 30.6. The average molecular weight is 583 g/mol. The van der Waals surface area contributed by atoms with Crippen LogP contribution in [0.15, 0.2) is 0 Å². The van der Waals surface area contributed by atoms with E-state index in [0.717, 1.165) is 66.5 Å². The molecule has 0 N–H and O–H groups in total. The van der Waals surface area contributed by atoms with Crippen LogP contribution < -0.4 is 0 Å². The van der Waals surface area contributed by atoms with Gasteiger partial charge < -0.3 is 20.9 Å². The molecule has 11 heteroatoms. The van der Waals surface area contributed by atoms with E-state index in [0.29, 0.717) is 0 Å². The topological polar surface area (TPSA) is 63.2 Å². The van der Waals surface area contributed by atoms with Gasteiger partial charge in [-0.15, -0.1) is 0 Å². The lowest BCUT2D eigenvalue weighted by Gasteiger charge is -2.48. The summed E-state index contributed by atoms with van der Waals surface area (Å²) in [4.78, 5) is 12.0. The summed E-state index contributed by atoms with van der Waals surface area (Å²) in [6.07, 6.45) is 0. The highest BCUT2D eigenvalue weighted by Gasteiger charge is 2.55. The second-order valence-electron chi connectivity index (χ2n) is 9.72. The van der Waals surface area contributed by atoms with Crippen LogP contribution in [0.2, 0.25) is 66.5 Å². The molecule has 0 saturated heterocycles. The van der Waals surface area contributed by atoms with Crippen molar-refractivity contribution in [1.29, 1.82) is 0 Å². The van der Waals surface area contributed by atoms with Gasteiger partial charge in [0.05, 0.1) is 0 Å². The van der Waals surface area contributed by atoms with E-state index in [1.165, 1.54) is 6.92 Å². The largest absolute Gasteiger partial charge is 0.495 e. The fourth-order valence-corrected chi connectivity index (χ4v) is 32.1. The van der Waals surface area contributed by atoms with Crippen LogP contribution in [0.1, 0.15) is 83.1 Å². The molecule has 0 radical (unpaired) electrons. The number of hydrogen-bond acceptors (Lipinski definition) is 6. The van der Waals surface area contributed by atoms with Gasteiger partial charge in [-0.25, -0.2) is 0 Å². The zero-order valence-electron chi connectivity index (χ0n) is 25.2. The van der Waals surface area contributed by atoms with Crippen LogP contribution in [0.3, 0.4) is 0 Å². The molecule has 0 amide bonds. The molecule has 0 saturated carbocycles. The third-order valence-electron chi connectivity index (χ3n) is 8.09. The Labute approximate surface area is 223 Å². The van der Waals surface area contributed by atoms with Gasteiger partial charge >= 0.3 is 34.2 Å². The molecule has 6 nitrogen and oxygen atoms in total. The summed E-state index contributed by atoms with van der Waals surface area (Å²) in [5.74, 6) is -0.252. The first-order chi connectivity index (χ1) is 16.4. The summed E-state index contributed by atoms with van der Waals surface area (Å²) in [6, 6.07) is 10.1. The Hall–Kier alpha value is 0.394. The molecule has 0 aromatic carbocycles. The zero-order valence-corrected chi connectivity index (χ0v) is 30.2. The summed E-state index contributed by atoms with van der Waals surface area (Å²) in [7, 11) is -12.3. The van der Waals surface area contributed by atoms with Gasteiger partial charge in [-0.3, -0.25) is 4.79 Å². The van der Waals surface area contributed by atoms with E-state index in [-0.39, 0.29) is 5.97 Å². The molecule has 0 aromatic heterocycles. The fraction of sp³-hybridized carbons (Fsp3) is 0.958. The molecule has 0 spiro atoms. The molecule has 0 heterocycles. The lowest BCUT2D eigenvalue weighted by Crippen LogP contribution is -2.64. The molecule has 0 atom stereocenters. The minimum atomic E-state index is -2.70. The monoisotopic (exact) mass is 582 g/mol. The van der Waals surface area contributed by atoms with E-state index in [1.54, 1.807) is 0 Å². The highest BCUT2D eigenvalue weighted by molar-refractivity contribution is 6.92. The molecule has 0 bridgehead atoms. The van der Waals surface area contributed by atoms with E-state index < -0.39 is 42.6 Å². The van der Waals surface area contributed by atoms with Crippen LogP contribution in [0, 0.1) is 0 Å². The van der Waals surface area contributed by atoms with Crippen LogP contribution in [0.25, 0.3) is 0 Å². The van der Waals surface area contributed by atoms with Crippen molar-refractivity contribution in [3.8, 4) is 0 Å². The molecular weight excluding hydrogens is 525 g/mol. The molecule has 0 rings (SSSR count). The van der Waals surface area contributed by atoms with Crippen molar-refractivity contribution in [3.05, 3.63) is 0 Å². The van der Waals surface area contributed by atoms with Gasteiger partial charge in [0.1, 0.15) is 0 Å². The van der Waals surface area contributed by atoms with Crippen molar-refractivity contribution in [2.24, 2.45) is 0 Å². The molecule has 0 fully saturated rings. The van der Waals surface area contributed by atoms with Crippen molar-refractivity contribution in [2.45, 2.75) is 150 Å². The van der Waals surface area contributed by atoms with Crippen LogP contribution in [0.4, 0.5) is 0 Å². The maximum atomic E-state index is 12.0. The van der Waals surface area contributed by atoms with E-state index in [9.17, 15) is 4.79 Å². The molecule has 0 aliphatic heterocycles. The van der Waals surface area contributed by atoms with Gasteiger partial charge in [0.2, 0.25) is 0 Å². The predicted octanol–water partition coefficient (Wildman–Crippen LogP) is 8.55. The number of carbonyl (C=O) groups is 1. The van der Waals surface area contributed by atoms with Crippen molar-refractivity contribution < 1.29 is 25.7 Å². The minimum absolute atomic E-state index is 0.252. The van der Waals surface area contributed by atoms with E-state index in [4.69, 9.17) is 20.9 Å². The minimum Gasteiger partial charge on any atom is -0.495 e. The van der Waals surface area contributed by atoms with Crippen LogP contribution in [-0.2, 0) is 25.7 Å². The van der Waals surface area contributed by atoms with Gasteiger partial charge in [-0.05, 0) is 66.5 Å². The van der Waals surface area contributed by atoms with Gasteiger partial charge in [0.25, 0.3) is 5.97 Å². The normalized spacial score (nSPS) is 13.8. The quantitative estimate of drug-likeness (QED) is 0.134. The van der Waals surface area contributed by atoms with Gasteiger partial charge in [-0.2, -0.15) is 0 Å². The first kappa shape index (κ1) is 35.4. The Kier molecular flexibility index (Phi) is 15.9. The predicted molar refractivity (Wildman–Crippen MR) is 160 cm³/mol. The summed E-state index contributed by atoms with van der Waals surface area (Å²) < 4.78 is 34.8.